The van der Waals surface area contributed by atoms with E-state index in [1.807, 2.05) is 48.5 Å². The molecule has 178 valence electrons. The molecular weight excluding hydrogens is 424 g/mol. The molecule has 0 spiro atoms. The molecule has 0 atom stereocenters. The predicted octanol–water partition coefficient (Wildman–Crippen LogP) is 6.19. The van der Waals surface area contributed by atoms with E-state index in [4.69, 9.17) is 4.74 Å². The van der Waals surface area contributed by atoms with Crippen LogP contribution in [-0.2, 0) is 6.42 Å². The second-order valence-corrected chi connectivity index (χ2v) is 8.85. The number of benzene rings is 3. The van der Waals surface area contributed by atoms with Gasteiger partial charge in [0.25, 0.3) is 5.91 Å². The van der Waals surface area contributed by atoms with Gasteiger partial charge in [-0.05, 0) is 98.6 Å². The van der Waals surface area contributed by atoms with Crippen molar-refractivity contribution in [3.05, 3.63) is 83.9 Å². The summed E-state index contributed by atoms with van der Waals surface area (Å²) in [6.45, 7) is 6.06. The number of hydrogen-bond acceptors (Lipinski definition) is 4. The van der Waals surface area contributed by atoms with Crippen LogP contribution in [-0.4, -0.2) is 42.2 Å². The Bertz CT molecular complexity index is 1040. The van der Waals surface area contributed by atoms with E-state index in [9.17, 15) is 9.90 Å². The van der Waals surface area contributed by atoms with Gasteiger partial charge in [0.15, 0.2) is 0 Å². The number of aromatic hydroxyl groups is 1. The van der Waals surface area contributed by atoms with Gasteiger partial charge in [0.05, 0.1) is 0 Å². The largest absolute Gasteiger partial charge is 0.508 e. The minimum Gasteiger partial charge on any atom is -0.508 e. The number of likely N-dealkylation sites (tertiary alicyclic amines) is 1. The molecule has 3 aromatic carbocycles. The van der Waals surface area contributed by atoms with Crippen LogP contribution in [0.1, 0.15) is 48.5 Å². The molecule has 1 fully saturated rings. The molecule has 5 nitrogen and oxygen atoms in total. The number of piperidine rings is 1. The minimum absolute atomic E-state index is 0.118. The Balaban J connectivity index is 1.50. The number of carbonyl (C=O) groups is 1. The normalized spacial score (nSPS) is 14.0. The smallest absolute Gasteiger partial charge is 0.262 e. The molecule has 1 saturated heterocycles. The Morgan fingerprint density at radius 2 is 1.50 bits per heavy atom. The number of nitrogens with zero attached hydrogens (tertiary/aromatic N) is 2. The molecule has 0 unspecified atom stereocenters. The summed E-state index contributed by atoms with van der Waals surface area (Å²) in [4.78, 5) is 17.7. The van der Waals surface area contributed by atoms with Crippen LogP contribution in [0.25, 0.3) is 0 Å². The van der Waals surface area contributed by atoms with E-state index in [1.54, 1.807) is 29.2 Å². The molecular formula is C29H34N2O3. The quantitative estimate of drug-likeness (QED) is 0.415. The topological polar surface area (TPSA) is 53.0 Å². The van der Waals surface area contributed by atoms with Gasteiger partial charge >= 0.3 is 0 Å². The monoisotopic (exact) mass is 458 g/mol. The Morgan fingerprint density at radius 3 is 2.12 bits per heavy atom. The molecule has 0 aromatic heterocycles. The summed E-state index contributed by atoms with van der Waals surface area (Å²) in [7, 11) is 0. The van der Waals surface area contributed by atoms with Gasteiger partial charge in [-0.15, -0.1) is 0 Å². The number of rotatable bonds is 9. The summed E-state index contributed by atoms with van der Waals surface area (Å²) in [6.07, 6.45) is 5.95. The minimum atomic E-state index is -0.118. The summed E-state index contributed by atoms with van der Waals surface area (Å²) < 4.78 is 5.97. The second kappa shape index (κ2) is 11.7. The molecule has 3 aromatic rings. The van der Waals surface area contributed by atoms with Crippen molar-refractivity contribution in [3.8, 4) is 11.5 Å². The third-order valence-electron chi connectivity index (χ3n) is 6.27. The molecule has 0 aliphatic carbocycles. The van der Waals surface area contributed by atoms with Crippen molar-refractivity contribution in [3.63, 3.8) is 0 Å². The van der Waals surface area contributed by atoms with Gasteiger partial charge in [-0.1, -0.05) is 31.9 Å². The van der Waals surface area contributed by atoms with Crippen molar-refractivity contribution >= 4 is 17.3 Å². The average molecular weight is 459 g/mol. The van der Waals surface area contributed by atoms with Crippen LogP contribution in [0, 0.1) is 0 Å². The molecule has 0 saturated carbocycles. The van der Waals surface area contributed by atoms with Crippen LogP contribution in [0.5, 0.6) is 11.5 Å². The number of phenols is 1. The van der Waals surface area contributed by atoms with E-state index < -0.39 is 0 Å². The zero-order valence-corrected chi connectivity index (χ0v) is 20.0. The molecule has 1 aliphatic heterocycles. The van der Waals surface area contributed by atoms with Crippen molar-refractivity contribution in [2.75, 3.05) is 31.1 Å². The molecule has 0 radical (unpaired) electrons. The first-order chi connectivity index (χ1) is 16.6. The van der Waals surface area contributed by atoms with E-state index in [0.717, 1.165) is 43.9 Å². The first kappa shape index (κ1) is 23.8. The van der Waals surface area contributed by atoms with Gasteiger partial charge in [0, 0.05) is 23.5 Å². The van der Waals surface area contributed by atoms with E-state index in [2.05, 4.69) is 11.8 Å². The van der Waals surface area contributed by atoms with Gasteiger partial charge in [-0.3, -0.25) is 14.6 Å². The van der Waals surface area contributed by atoms with Crippen molar-refractivity contribution < 1.29 is 14.6 Å². The molecule has 1 amide bonds. The average Bonchev–Trinajstić information content (AvgIpc) is 2.87. The third kappa shape index (κ3) is 6.17. The van der Waals surface area contributed by atoms with Crippen LogP contribution in [0.4, 0.5) is 11.4 Å². The van der Waals surface area contributed by atoms with Gasteiger partial charge in [-0.25, -0.2) is 0 Å². The van der Waals surface area contributed by atoms with Crippen LogP contribution in [0.15, 0.2) is 72.8 Å². The lowest BCUT2D eigenvalue weighted by molar-refractivity contribution is 0.0999. The van der Waals surface area contributed by atoms with Gasteiger partial charge < -0.3 is 9.84 Å². The number of phenolic OH excluding ortho intramolecular Hbond substituents is 1. The molecule has 34 heavy (non-hydrogen) atoms. The van der Waals surface area contributed by atoms with Crippen LogP contribution < -0.4 is 9.64 Å². The highest BCUT2D eigenvalue weighted by atomic mass is 16.5. The summed E-state index contributed by atoms with van der Waals surface area (Å²) in [5.74, 6) is 0.841. The number of anilines is 2. The van der Waals surface area contributed by atoms with Gasteiger partial charge in [-0.2, -0.15) is 0 Å². The second-order valence-electron chi connectivity index (χ2n) is 8.85. The maximum absolute atomic E-state index is 13.6. The van der Waals surface area contributed by atoms with Crippen LogP contribution in [0.2, 0.25) is 0 Å². The number of amides is 1. The fourth-order valence-electron chi connectivity index (χ4n) is 4.38. The highest BCUT2D eigenvalue weighted by molar-refractivity contribution is 6.10. The zero-order chi connectivity index (χ0) is 23.8. The Labute approximate surface area is 202 Å². The lowest BCUT2D eigenvalue weighted by Crippen LogP contribution is -2.33. The standard InChI is InChI=1S/C29H34N2O3/c1-2-6-23-7-9-24(10-8-23)29(33)31(25-11-15-27(32)16-12-25)26-13-17-28(18-14-26)34-22-21-30-19-4-3-5-20-30/h7-18,32H,2-6,19-22H2,1H3. The Morgan fingerprint density at radius 1 is 0.882 bits per heavy atom. The molecule has 4 rings (SSSR count). The van der Waals surface area contributed by atoms with Crippen molar-refractivity contribution in [1.82, 2.24) is 4.90 Å². The lowest BCUT2D eigenvalue weighted by atomic mass is 10.1. The Hall–Kier alpha value is -3.31. The first-order valence-corrected chi connectivity index (χ1v) is 12.3. The molecule has 1 aliphatic rings. The summed E-state index contributed by atoms with van der Waals surface area (Å²) in [6, 6.07) is 22.2. The van der Waals surface area contributed by atoms with E-state index in [0.29, 0.717) is 17.9 Å². The SMILES string of the molecule is CCCc1ccc(C(=O)N(c2ccc(O)cc2)c2ccc(OCCN3CCCCC3)cc2)cc1. The maximum atomic E-state index is 13.6. The fraction of sp³-hybridized carbons (Fsp3) is 0.345. The lowest BCUT2D eigenvalue weighted by Gasteiger charge is -2.26. The molecule has 1 N–H and O–H groups in total. The number of aryl methyl sites for hydroxylation is 1. The van der Waals surface area contributed by atoms with Crippen LogP contribution in [0.3, 0.4) is 0 Å². The zero-order valence-electron chi connectivity index (χ0n) is 20.0. The van der Waals surface area contributed by atoms with Crippen molar-refractivity contribution in [2.24, 2.45) is 0 Å². The fourth-order valence-corrected chi connectivity index (χ4v) is 4.38. The van der Waals surface area contributed by atoms with E-state index in [1.165, 1.54) is 24.8 Å². The number of hydrogen-bond donors (Lipinski definition) is 1. The van der Waals surface area contributed by atoms with E-state index in [-0.39, 0.29) is 11.7 Å². The van der Waals surface area contributed by atoms with Gasteiger partial charge in [0.1, 0.15) is 18.1 Å². The highest BCUT2D eigenvalue weighted by Crippen LogP contribution is 2.30. The number of ether oxygens (including phenoxy) is 1. The predicted molar refractivity (Wildman–Crippen MR) is 137 cm³/mol. The van der Waals surface area contributed by atoms with Crippen molar-refractivity contribution in [2.45, 2.75) is 39.0 Å². The summed E-state index contributed by atoms with van der Waals surface area (Å²) in [5, 5.41) is 9.74. The van der Waals surface area contributed by atoms with Crippen molar-refractivity contribution in [1.29, 1.82) is 0 Å². The van der Waals surface area contributed by atoms with Crippen LogP contribution >= 0.6 is 0 Å². The first-order valence-electron chi connectivity index (χ1n) is 12.3. The Kier molecular flexibility index (Phi) is 8.21. The molecule has 5 heteroatoms. The third-order valence-corrected chi connectivity index (χ3v) is 6.27. The van der Waals surface area contributed by atoms with E-state index >= 15 is 0 Å². The summed E-state index contributed by atoms with van der Waals surface area (Å²) >= 11 is 0. The summed E-state index contributed by atoms with van der Waals surface area (Å²) in [5.41, 5.74) is 3.28. The van der Waals surface area contributed by atoms with Gasteiger partial charge in [0.2, 0.25) is 0 Å². The maximum Gasteiger partial charge on any atom is 0.262 e. The number of carbonyl (C=O) groups excluding carboxylic acids is 1. The highest BCUT2D eigenvalue weighted by Gasteiger charge is 2.20. The molecule has 0 bridgehead atoms. The molecule has 1 heterocycles.